The van der Waals surface area contributed by atoms with Crippen LogP contribution in [0.4, 0.5) is 13.2 Å². The molecule has 0 fully saturated rings. The molecule has 0 radical (unpaired) electrons. The molecule has 3 rings (SSSR count). The molecule has 0 amide bonds. The lowest BCUT2D eigenvalue weighted by Gasteiger charge is -2.12. The first kappa shape index (κ1) is 24.0. The van der Waals surface area contributed by atoms with Crippen LogP contribution < -0.4 is 10.6 Å². The van der Waals surface area contributed by atoms with Crippen LogP contribution in [0, 0.1) is 0 Å². The highest BCUT2D eigenvalue weighted by molar-refractivity contribution is 14.0. The van der Waals surface area contributed by atoms with Crippen molar-refractivity contribution in [1.82, 2.24) is 10.6 Å². The first-order valence-corrected chi connectivity index (χ1v) is 9.07. The first-order chi connectivity index (χ1) is 13.9. The number of furan rings is 1. The van der Waals surface area contributed by atoms with E-state index >= 15 is 0 Å². The van der Waals surface area contributed by atoms with Crippen molar-refractivity contribution >= 4 is 40.9 Å². The fourth-order valence-corrected chi connectivity index (χ4v) is 2.74. The second-order valence-corrected chi connectivity index (χ2v) is 6.45. The fourth-order valence-electron chi connectivity index (χ4n) is 2.74. The average molecular weight is 533 g/mol. The van der Waals surface area contributed by atoms with E-state index < -0.39 is 12.8 Å². The molecule has 3 aromatic rings. The Morgan fingerprint density at radius 2 is 1.67 bits per heavy atom. The molecule has 30 heavy (non-hydrogen) atoms. The zero-order chi connectivity index (χ0) is 20.7. The monoisotopic (exact) mass is 533 g/mol. The van der Waals surface area contributed by atoms with Gasteiger partial charge in [-0.3, -0.25) is 4.99 Å². The second-order valence-electron chi connectivity index (χ2n) is 6.45. The number of benzene rings is 2. The fraction of sp³-hybridized carbons (Fsp3) is 0.286. The zero-order valence-corrected chi connectivity index (χ0v) is 18.7. The highest BCUT2D eigenvalue weighted by atomic mass is 127. The molecule has 0 unspecified atom stereocenters. The predicted molar refractivity (Wildman–Crippen MR) is 121 cm³/mol. The van der Waals surface area contributed by atoms with Gasteiger partial charge in [0.15, 0.2) is 5.96 Å². The van der Waals surface area contributed by atoms with Gasteiger partial charge < -0.3 is 19.8 Å². The second kappa shape index (κ2) is 11.2. The standard InChI is InChI=1S/C21H22F3N3O2.HI/c1-25-20(27-12-18-10-17-4-2-3-5-19(17)29-18)26-11-15-6-8-16(9-7-15)13-28-14-21(22,23)24;/h2-10H,11-14H2,1H3,(H2,25,26,27);1H. The maximum absolute atomic E-state index is 12.1. The highest BCUT2D eigenvalue weighted by Gasteiger charge is 2.27. The minimum absolute atomic E-state index is 0. The van der Waals surface area contributed by atoms with E-state index in [1.807, 2.05) is 42.5 Å². The quantitative estimate of drug-likeness (QED) is 0.255. The average Bonchev–Trinajstić information content (AvgIpc) is 3.11. The van der Waals surface area contributed by atoms with Gasteiger partial charge in [0, 0.05) is 19.0 Å². The number of hydrogen-bond acceptors (Lipinski definition) is 3. The Hall–Kier alpha value is -2.27. The molecule has 1 aromatic heterocycles. The van der Waals surface area contributed by atoms with Crippen molar-refractivity contribution in [1.29, 1.82) is 0 Å². The minimum Gasteiger partial charge on any atom is -0.459 e. The van der Waals surface area contributed by atoms with E-state index in [9.17, 15) is 13.2 Å². The normalized spacial score (nSPS) is 11.9. The topological polar surface area (TPSA) is 58.8 Å². The van der Waals surface area contributed by atoms with Crippen molar-refractivity contribution in [3.05, 3.63) is 71.5 Å². The van der Waals surface area contributed by atoms with E-state index in [4.69, 9.17) is 4.42 Å². The molecule has 0 aliphatic carbocycles. The summed E-state index contributed by atoms with van der Waals surface area (Å²) in [6.45, 7) is -0.315. The van der Waals surface area contributed by atoms with Gasteiger partial charge in [-0.1, -0.05) is 42.5 Å². The number of nitrogens with one attached hydrogen (secondary N) is 2. The largest absolute Gasteiger partial charge is 0.459 e. The number of guanidine groups is 1. The van der Waals surface area contributed by atoms with Crippen LogP contribution in [0.2, 0.25) is 0 Å². The number of fused-ring (bicyclic) bond motifs is 1. The third-order valence-corrected chi connectivity index (χ3v) is 4.15. The number of ether oxygens (including phenoxy) is 1. The summed E-state index contributed by atoms with van der Waals surface area (Å²) in [5.74, 6) is 1.42. The number of aliphatic imine (C=N–C) groups is 1. The van der Waals surface area contributed by atoms with Crippen molar-refractivity contribution in [3.63, 3.8) is 0 Å². The molecule has 0 aliphatic heterocycles. The Morgan fingerprint density at radius 1 is 1.00 bits per heavy atom. The molecule has 0 atom stereocenters. The molecule has 9 heteroatoms. The van der Waals surface area contributed by atoms with Gasteiger partial charge in [-0.05, 0) is 23.3 Å². The zero-order valence-electron chi connectivity index (χ0n) is 16.3. The van der Waals surface area contributed by atoms with Crippen LogP contribution in [-0.2, 0) is 24.4 Å². The van der Waals surface area contributed by atoms with Crippen LogP contribution in [0.5, 0.6) is 0 Å². The number of alkyl halides is 3. The summed E-state index contributed by atoms with van der Waals surface area (Å²) in [5.41, 5.74) is 2.49. The van der Waals surface area contributed by atoms with Crippen molar-refractivity contribution in [2.24, 2.45) is 4.99 Å². The van der Waals surface area contributed by atoms with E-state index in [-0.39, 0.29) is 30.6 Å². The van der Waals surface area contributed by atoms with Crippen LogP contribution in [0.15, 0.2) is 64.0 Å². The lowest BCUT2D eigenvalue weighted by atomic mass is 10.1. The third kappa shape index (κ3) is 7.52. The van der Waals surface area contributed by atoms with Gasteiger partial charge in [0.05, 0.1) is 13.2 Å². The third-order valence-electron chi connectivity index (χ3n) is 4.15. The highest BCUT2D eigenvalue weighted by Crippen LogP contribution is 2.18. The molecule has 0 saturated carbocycles. The summed E-state index contributed by atoms with van der Waals surface area (Å²) in [5, 5.41) is 7.43. The number of rotatable bonds is 7. The Balaban J connectivity index is 0.00000320. The van der Waals surface area contributed by atoms with Crippen LogP contribution >= 0.6 is 24.0 Å². The van der Waals surface area contributed by atoms with Crippen LogP contribution in [0.1, 0.15) is 16.9 Å². The Labute approximate surface area is 189 Å². The molecule has 2 aromatic carbocycles. The van der Waals surface area contributed by atoms with Crippen LogP contribution in [-0.4, -0.2) is 25.8 Å². The van der Waals surface area contributed by atoms with Gasteiger partial charge in [0.25, 0.3) is 0 Å². The summed E-state index contributed by atoms with van der Waals surface area (Å²) >= 11 is 0. The van der Waals surface area contributed by atoms with Gasteiger partial charge in [-0.25, -0.2) is 0 Å². The molecular weight excluding hydrogens is 510 g/mol. The van der Waals surface area contributed by atoms with Crippen LogP contribution in [0.25, 0.3) is 11.0 Å². The van der Waals surface area contributed by atoms with Crippen LogP contribution in [0.3, 0.4) is 0 Å². The number of para-hydroxylation sites is 1. The number of nitrogens with zero attached hydrogens (tertiary/aromatic N) is 1. The van der Waals surface area contributed by atoms with Crippen molar-refractivity contribution < 1.29 is 22.3 Å². The molecule has 0 spiro atoms. The van der Waals surface area contributed by atoms with E-state index in [1.54, 1.807) is 19.2 Å². The molecule has 2 N–H and O–H groups in total. The van der Waals surface area contributed by atoms with E-state index in [0.717, 1.165) is 22.3 Å². The summed E-state index contributed by atoms with van der Waals surface area (Å²) in [4.78, 5) is 4.18. The van der Waals surface area contributed by atoms with Gasteiger partial charge in [0.2, 0.25) is 0 Å². The van der Waals surface area contributed by atoms with E-state index in [1.165, 1.54) is 0 Å². The molecule has 0 aliphatic rings. The van der Waals surface area contributed by atoms with Crippen molar-refractivity contribution in [3.8, 4) is 0 Å². The molecule has 1 heterocycles. The Bertz CT molecular complexity index is 923. The molecule has 5 nitrogen and oxygen atoms in total. The summed E-state index contributed by atoms with van der Waals surface area (Å²) in [6, 6.07) is 17.0. The number of halogens is 4. The molecule has 0 saturated heterocycles. The maximum Gasteiger partial charge on any atom is 0.411 e. The van der Waals surface area contributed by atoms with Gasteiger partial charge in [-0.15, -0.1) is 24.0 Å². The van der Waals surface area contributed by atoms with E-state index in [2.05, 4.69) is 20.4 Å². The Kier molecular flexibility index (Phi) is 8.97. The van der Waals surface area contributed by atoms with Crippen molar-refractivity contribution in [2.45, 2.75) is 25.9 Å². The van der Waals surface area contributed by atoms with Crippen molar-refractivity contribution in [2.75, 3.05) is 13.7 Å². The summed E-state index contributed by atoms with van der Waals surface area (Å²) < 4.78 is 46.7. The Morgan fingerprint density at radius 3 is 2.33 bits per heavy atom. The predicted octanol–water partition coefficient (Wildman–Crippen LogP) is 4.99. The van der Waals surface area contributed by atoms with Gasteiger partial charge >= 0.3 is 6.18 Å². The lowest BCUT2D eigenvalue weighted by molar-refractivity contribution is -0.176. The summed E-state index contributed by atoms with van der Waals surface area (Å²) in [6.07, 6.45) is -4.31. The summed E-state index contributed by atoms with van der Waals surface area (Å²) in [7, 11) is 1.68. The van der Waals surface area contributed by atoms with E-state index in [0.29, 0.717) is 24.6 Å². The first-order valence-electron chi connectivity index (χ1n) is 9.07. The minimum atomic E-state index is -4.31. The smallest absolute Gasteiger partial charge is 0.411 e. The van der Waals surface area contributed by atoms with Gasteiger partial charge in [0.1, 0.15) is 18.0 Å². The SMILES string of the molecule is CN=C(NCc1ccc(COCC(F)(F)F)cc1)NCc1cc2ccccc2o1.I. The lowest BCUT2D eigenvalue weighted by Crippen LogP contribution is -2.36. The maximum atomic E-state index is 12.1. The molecule has 162 valence electrons. The number of hydrogen-bond donors (Lipinski definition) is 2. The molecular formula is C21H23F3IN3O2. The molecule has 0 bridgehead atoms. The van der Waals surface area contributed by atoms with Gasteiger partial charge in [-0.2, -0.15) is 13.2 Å².